The molecule has 0 spiro atoms. The predicted octanol–water partition coefficient (Wildman–Crippen LogP) is 8.07. The Hall–Kier alpha value is -1.54. The molecule has 0 radical (unpaired) electrons. The lowest BCUT2D eigenvalue weighted by molar-refractivity contribution is 0.225. The highest BCUT2D eigenvalue weighted by molar-refractivity contribution is 5.78. The lowest BCUT2D eigenvalue weighted by Crippen LogP contribution is -2.30. The Balaban J connectivity index is 1.56. The van der Waals surface area contributed by atoms with E-state index in [0.717, 1.165) is 12.3 Å². The quantitative estimate of drug-likeness (QED) is 0.270. The van der Waals surface area contributed by atoms with Gasteiger partial charge in [0, 0.05) is 18.3 Å². The van der Waals surface area contributed by atoms with Crippen molar-refractivity contribution in [1.29, 1.82) is 0 Å². The van der Waals surface area contributed by atoms with Gasteiger partial charge in [0.15, 0.2) is 0 Å². The van der Waals surface area contributed by atoms with Crippen molar-refractivity contribution in [1.82, 2.24) is 4.90 Å². The predicted molar refractivity (Wildman–Crippen MR) is 138 cm³/mol. The molecule has 2 nitrogen and oxygen atoms in total. The Kier molecular flexibility index (Phi) is 10.7. The number of nitrogens with one attached hydrogen (secondary N) is 1. The molecule has 3 rings (SSSR count). The van der Waals surface area contributed by atoms with Gasteiger partial charge in [0.05, 0.1) is 0 Å². The minimum Gasteiger partial charge on any atom is -0.388 e. The number of anilines is 1. The van der Waals surface area contributed by atoms with Crippen molar-refractivity contribution >= 4 is 11.3 Å². The van der Waals surface area contributed by atoms with E-state index in [-0.39, 0.29) is 0 Å². The fourth-order valence-electron chi connectivity index (χ4n) is 5.49. The van der Waals surface area contributed by atoms with Crippen molar-refractivity contribution in [2.45, 2.75) is 90.4 Å². The van der Waals surface area contributed by atoms with Crippen LogP contribution in [-0.4, -0.2) is 31.6 Å². The zero-order valence-electron chi connectivity index (χ0n) is 20.3. The standard InChI is InChI=1S/C29H46N2/c1-25(15-5-3-6-16-26-17-7-8-18-26)27(28-20-9-10-21-29(28)30-2)19-11-14-24-31-22-12-4-13-23-31/h3,5,9-10,20-21,26,30H,4,6-8,11-19,22-24H2,1-2H3/b5-3+,27-25+. The van der Waals surface area contributed by atoms with Gasteiger partial charge in [-0.15, -0.1) is 0 Å². The average molecular weight is 423 g/mol. The first-order valence-electron chi connectivity index (χ1n) is 13.1. The number of para-hydroxylation sites is 1. The van der Waals surface area contributed by atoms with E-state index in [1.807, 2.05) is 7.05 Å². The summed E-state index contributed by atoms with van der Waals surface area (Å²) in [5.74, 6) is 0.999. The van der Waals surface area contributed by atoms with E-state index in [2.05, 4.69) is 53.6 Å². The highest BCUT2D eigenvalue weighted by Gasteiger charge is 2.14. The zero-order chi connectivity index (χ0) is 21.7. The van der Waals surface area contributed by atoms with Crippen LogP contribution >= 0.6 is 0 Å². The third kappa shape index (κ3) is 8.15. The Morgan fingerprint density at radius 1 is 1.00 bits per heavy atom. The first-order valence-corrected chi connectivity index (χ1v) is 13.1. The number of allylic oxidation sites excluding steroid dienone is 4. The molecule has 0 bridgehead atoms. The number of unbranched alkanes of at least 4 members (excludes halogenated alkanes) is 1. The SMILES string of the molecule is CNc1ccccc1/C(CCCCN1CCCCC1)=C(\C)C/C=C/CCC1CCCC1. The molecule has 2 aliphatic rings. The Morgan fingerprint density at radius 2 is 1.77 bits per heavy atom. The van der Waals surface area contributed by atoms with Gasteiger partial charge in [-0.2, -0.15) is 0 Å². The minimum absolute atomic E-state index is 0.999. The summed E-state index contributed by atoms with van der Waals surface area (Å²) in [6.45, 7) is 6.26. The molecule has 1 N–H and O–H groups in total. The first kappa shape index (κ1) is 24.1. The monoisotopic (exact) mass is 422 g/mol. The van der Waals surface area contributed by atoms with Crippen LogP contribution in [0, 0.1) is 5.92 Å². The second-order valence-electron chi connectivity index (χ2n) is 9.82. The van der Waals surface area contributed by atoms with Crippen LogP contribution in [0.2, 0.25) is 0 Å². The van der Waals surface area contributed by atoms with Gasteiger partial charge in [-0.1, -0.05) is 68.0 Å². The summed E-state index contributed by atoms with van der Waals surface area (Å²) in [6.07, 6.45) is 22.5. The van der Waals surface area contributed by atoms with Crippen LogP contribution in [-0.2, 0) is 0 Å². The van der Waals surface area contributed by atoms with Gasteiger partial charge in [0.2, 0.25) is 0 Å². The van der Waals surface area contributed by atoms with E-state index in [1.165, 1.54) is 114 Å². The fraction of sp³-hybridized carbons (Fsp3) is 0.655. The second kappa shape index (κ2) is 13.8. The van der Waals surface area contributed by atoms with E-state index in [9.17, 15) is 0 Å². The molecule has 1 aliphatic heterocycles. The maximum absolute atomic E-state index is 3.42. The number of piperidine rings is 1. The Bertz CT molecular complexity index is 690. The third-order valence-corrected chi connectivity index (χ3v) is 7.44. The van der Waals surface area contributed by atoms with Crippen LogP contribution in [0.3, 0.4) is 0 Å². The molecule has 172 valence electrons. The van der Waals surface area contributed by atoms with Gasteiger partial charge in [0.25, 0.3) is 0 Å². The normalized spacial score (nSPS) is 19.2. The molecule has 2 fully saturated rings. The van der Waals surface area contributed by atoms with Crippen LogP contribution in [0.1, 0.15) is 96.0 Å². The molecule has 0 amide bonds. The molecule has 1 aliphatic carbocycles. The molecular weight excluding hydrogens is 376 g/mol. The smallest absolute Gasteiger partial charge is 0.0413 e. The lowest BCUT2D eigenvalue weighted by Gasteiger charge is -2.26. The molecule has 1 saturated carbocycles. The Labute approximate surface area is 192 Å². The molecule has 1 saturated heterocycles. The van der Waals surface area contributed by atoms with Gasteiger partial charge in [-0.25, -0.2) is 0 Å². The molecule has 1 aromatic rings. The maximum atomic E-state index is 3.42. The molecule has 0 atom stereocenters. The van der Waals surface area contributed by atoms with Crippen molar-refractivity contribution in [3.8, 4) is 0 Å². The van der Waals surface area contributed by atoms with Crippen molar-refractivity contribution < 1.29 is 0 Å². The highest BCUT2D eigenvalue weighted by atomic mass is 15.1. The van der Waals surface area contributed by atoms with Crippen LogP contribution in [0.5, 0.6) is 0 Å². The van der Waals surface area contributed by atoms with E-state index in [4.69, 9.17) is 0 Å². The van der Waals surface area contributed by atoms with Crippen LogP contribution in [0.15, 0.2) is 42.0 Å². The average Bonchev–Trinajstić information content (AvgIpc) is 3.33. The summed E-state index contributed by atoms with van der Waals surface area (Å²) in [6, 6.07) is 8.85. The van der Waals surface area contributed by atoms with Gasteiger partial charge in [-0.3, -0.25) is 0 Å². The summed E-state index contributed by atoms with van der Waals surface area (Å²) in [5.41, 5.74) is 5.76. The second-order valence-corrected chi connectivity index (χ2v) is 9.82. The number of nitrogens with zero attached hydrogens (tertiary/aromatic N) is 1. The van der Waals surface area contributed by atoms with Gasteiger partial charge >= 0.3 is 0 Å². The molecule has 2 heteroatoms. The summed E-state index contributed by atoms with van der Waals surface area (Å²) in [4.78, 5) is 2.67. The molecular formula is C29H46N2. The molecule has 0 aromatic heterocycles. The molecule has 1 heterocycles. The number of rotatable bonds is 12. The number of hydrogen-bond acceptors (Lipinski definition) is 2. The zero-order valence-corrected chi connectivity index (χ0v) is 20.3. The van der Waals surface area contributed by atoms with Crippen molar-refractivity contribution in [2.75, 3.05) is 32.0 Å². The molecule has 31 heavy (non-hydrogen) atoms. The lowest BCUT2D eigenvalue weighted by atomic mass is 9.92. The largest absolute Gasteiger partial charge is 0.388 e. The third-order valence-electron chi connectivity index (χ3n) is 7.44. The summed E-state index contributed by atoms with van der Waals surface area (Å²) in [7, 11) is 2.05. The number of benzene rings is 1. The molecule has 1 aromatic carbocycles. The first-order chi connectivity index (χ1) is 15.3. The van der Waals surface area contributed by atoms with E-state index in [1.54, 1.807) is 5.57 Å². The summed E-state index contributed by atoms with van der Waals surface area (Å²) in [5, 5.41) is 3.42. The van der Waals surface area contributed by atoms with E-state index >= 15 is 0 Å². The van der Waals surface area contributed by atoms with Crippen molar-refractivity contribution in [3.63, 3.8) is 0 Å². The van der Waals surface area contributed by atoms with Crippen molar-refractivity contribution in [3.05, 3.63) is 47.6 Å². The highest BCUT2D eigenvalue weighted by Crippen LogP contribution is 2.32. The summed E-state index contributed by atoms with van der Waals surface area (Å²) >= 11 is 0. The van der Waals surface area contributed by atoms with Crippen LogP contribution in [0.4, 0.5) is 5.69 Å². The maximum Gasteiger partial charge on any atom is 0.0413 e. The summed E-state index contributed by atoms with van der Waals surface area (Å²) < 4.78 is 0. The fourth-order valence-corrected chi connectivity index (χ4v) is 5.49. The van der Waals surface area contributed by atoms with Gasteiger partial charge in [0.1, 0.15) is 0 Å². The van der Waals surface area contributed by atoms with E-state index < -0.39 is 0 Å². The van der Waals surface area contributed by atoms with Gasteiger partial charge < -0.3 is 10.2 Å². The van der Waals surface area contributed by atoms with E-state index in [0.29, 0.717) is 0 Å². The molecule has 0 unspecified atom stereocenters. The van der Waals surface area contributed by atoms with Gasteiger partial charge in [-0.05, 0) is 95.5 Å². The number of hydrogen-bond donors (Lipinski definition) is 1. The minimum atomic E-state index is 0.999. The Morgan fingerprint density at radius 3 is 2.55 bits per heavy atom. The number of likely N-dealkylation sites (tertiary alicyclic amines) is 1. The topological polar surface area (TPSA) is 15.3 Å². The van der Waals surface area contributed by atoms with Crippen LogP contribution < -0.4 is 5.32 Å². The van der Waals surface area contributed by atoms with Crippen molar-refractivity contribution in [2.24, 2.45) is 5.92 Å². The van der Waals surface area contributed by atoms with Crippen LogP contribution in [0.25, 0.3) is 5.57 Å².